The molecule has 5 nitrogen and oxygen atoms in total. The molecule has 2 aliphatic heterocycles. The standard InChI is InChI=1S/C37H43Cl2N3O2/c1-27(28-12-6-3-7-13-28)40(2)35(44)37(30-16-17-32(38)33(39)24-30)25-31(37)26-41-22-18-36(19-23-41,29-14-8-4-9-15-29)34(43)42-20-10-5-11-21-42/h3-4,6-9,12-17,24,27,31H,5,10-11,18-23,25-26H2,1-2H3/t27-,31?,37?/m1/s1. The van der Waals surface area contributed by atoms with Crippen molar-refractivity contribution in [2.75, 3.05) is 39.8 Å². The highest BCUT2D eigenvalue weighted by atomic mass is 35.5. The second-order valence-corrected chi connectivity index (χ2v) is 13.9. The first-order chi connectivity index (χ1) is 21.3. The molecular formula is C37H43Cl2N3O2. The Balaban J connectivity index is 1.22. The van der Waals surface area contributed by atoms with Gasteiger partial charge in [-0.3, -0.25) is 9.59 Å². The summed E-state index contributed by atoms with van der Waals surface area (Å²) in [5.41, 5.74) is 2.05. The van der Waals surface area contributed by atoms with Crippen molar-refractivity contribution < 1.29 is 9.59 Å². The predicted molar refractivity (Wildman–Crippen MR) is 178 cm³/mol. The Morgan fingerprint density at radius 3 is 2.11 bits per heavy atom. The number of benzene rings is 3. The van der Waals surface area contributed by atoms with Crippen LogP contribution in [0.15, 0.2) is 78.9 Å². The van der Waals surface area contributed by atoms with Crippen molar-refractivity contribution in [1.29, 1.82) is 0 Å². The Kier molecular flexibility index (Phi) is 9.10. The molecule has 3 fully saturated rings. The van der Waals surface area contributed by atoms with Gasteiger partial charge in [0, 0.05) is 26.7 Å². The monoisotopic (exact) mass is 631 g/mol. The van der Waals surface area contributed by atoms with E-state index in [1.165, 1.54) is 6.42 Å². The van der Waals surface area contributed by atoms with Crippen LogP contribution in [0.2, 0.25) is 10.0 Å². The number of nitrogens with zero attached hydrogens (tertiary/aromatic N) is 3. The SMILES string of the molecule is C[C@H](c1ccccc1)N(C)C(=O)C1(c2ccc(Cl)c(Cl)c2)CC1CN1CCC(C(=O)N2CCCCC2)(c2ccccc2)CC1. The molecule has 44 heavy (non-hydrogen) atoms. The number of amides is 2. The maximum absolute atomic E-state index is 14.4. The van der Waals surface area contributed by atoms with Gasteiger partial charge in [0.15, 0.2) is 0 Å². The predicted octanol–water partition coefficient (Wildman–Crippen LogP) is 7.52. The largest absolute Gasteiger partial charge is 0.342 e. The summed E-state index contributed by atoms with van der Waals surface area (Å²) in [4.78, 5) is 35.1. The van der Waals surface area contributed by atoms with Gasteiger partial charge in [-0.1, -0.05) is 89.9 Å². The zero-order valence-electron chi connectivity index (χ0n) is 25.9. The van der Waals surface area contributed by atoms with Gasteiger partial charge in [0.1, 0.15) is 0 Å². The Morgan fingerprint density at radius 1 is 0.841 bits per heavy atom. The molecule has 0 spiro atoms. The van der Waals surface area contributed by atoms with Gasteiger partial charge in [0.05, 0.1) is 26.9 Å². The topological polar surface area (TPSA) is 43.9 Å². The van der Waals surface area contributed by atoms with E-state index in [2.05, 4.69) is 53.1 Å². The fourth-order valence-electron chi connectivity index (χ4n) is 7.72. The number of halogens is 2. The number of carbonyl (C=O) groups excluding carboxylic acids is 2. The first-order valence-electron chi connectivity index (χ1n) is 16.1. The average Bonchev–Trinajstić information content (AvgIpc) is 3.80. The summed E-state index contributed by atoms with van der Waals surface area (Å²) in [5.74, 6) is 0.569. The van der Waals surface area contributed by atoms with E-state index < -0.39 is 10.8 Å². The molecule has 6 rings (SSSR count). The van der Waals surface area contributed by atoms with E-state index in [1.54, 1.807) is 0 Å². The molecule has 3 atom stereocenters. The first-order valence-corrected chi connectivity index (χ1v) is 16.9. The number of likely N-dealkylation sites (N-methyl/N-ethyl adjacent to an activating group) is 1. The van der Waals surface area contributed by atoms with E-state index in [0.29, 0.717) is 16.0 Å². The van der Waals surface area contributed by atoms with Crippen LogP contribution in [0.5, 0.6) is 0 Å². The highest BCUT2D eigenvalue weighted by Crippen LogP contribution is 2.57. The van der Waals surface area contributed by atoms with Crippen molar-refractivity contribution in [3.05, 3.63) is 106 Å². The maximum atomic E-state index is 14.4. The fraction of sp³-hybridized carbons (Fsp3) is 0.459. The molecule has 2 unspecified atom stereocenters. The van der Waals surface area contributed by atoms with Gasteiger partial charge < -0.3 is 14.7 Å². The summed E-state index contributed by atoms with van der Waals surface area (Å²) in [6.07, 6.45) is 5.73. The van der Waals surface area contributed by atoms with Gasteiger partial charge >= 0.3 is 0 Å². The minimum Gasteiger partial charge on any atom is -0.342 e. The minimum atomic E-state index is -0.649. The molecule has 3 aliphatic rings. The normalized spacial score (nSPS) is 24.0. The molecular weight excluding hydrogens is 589 g/mol. The van der Waals surface area contributed by atoms with Crippen LogP contribution in [0.25, 0.3) is 0 Å². The average molecular weight is 633 g/mol. The minimum absolute atomic E-state index is 0.0631. The Labute approximate surface area is 272 Å². The van der Waals surface area contributed by atoms with Crippen molar-refractivity contribution >= 4 is 35.0 Å². The molecule has 232 valence electrons. The molecule has 7 heteroatoms. The first kappa shape index (κ1) is 31.1. The van der Waals surface area contributed by atoms with E-state index in [1.807, 2.05) is 54.4 Å². The van der Waals surface area contributed by atoms with Crippen LogP contribution >= 0.6 is 23.2 Å². The molecule has 0 aromatic heterocycles. The lowest BCUT2D eigenvalue weighted by molar-refractivity contribution is -0.140. The summed E-state index contributed by atoms with van der Waals surface area (Å²) >= 11 is 12.8. The van der Waals surface area contributed by atoms with Gasteiger partial charge in [-0.05, 0) is 93.3 Å². The van der Waals surface area contributed by atoms with Crippen molar-refractivity contribution in [2.24, 2.45) is 5.92 Å². The van der Waals surface area contributed by atoms with E-state index in [0.717, 1.165) is 81.5 Å². The highest BCUT2D eigenvalue weighted by molar-refractivity contribution is 6.42. The van der Waals surface area contributed by atoms with Crippen LogP contribution in [0.4, 0.5) is 0 Å². The zero-order valence-corrected chi connectivity index (χ0v) is 27.4. The van der Waals surface area contributed by atoms with E-state index >= 15 is 0 Å². The van der Waals surface area contributed by atoms with Crippen LogP contribution in [0.3, 0.4) is 0 Å². The van der Waals surface area contributed by atoms with Gasteiger partial charge in [-0.25, -0.2) is 0 Å². The third-order valence-corrected chi connectivity index (χ3v) is 11.4. The second kappa shape index (κ2) is 12.9. The summed E-state index contributed by atoms with van der Waals surface area (Å²) in [7, 11) is 1.91. The summed E-state index contributed by atoms with van der Waals surface area (Å²) < 4.78 is 0. The number of likely N-dealkylation sites (tertiary alicyclic amines) is 2. The number of hydrogen-bond acceptors (Lipinski definition) is 3. The van der Waals surface area contributed by atoms with Crippen LogP contribution in [-0.2, 0) is 20.4 Å². The van der Waals surface area contributed by atoms with Crippen LogP contribution in [0, 0.1) is 5.92 Å². The quantitative estimate of drug-likeness (QED) is 0.258. The maximum Gasteiger partial charge on any atom is 0.233 e. The summed E-state index contributed by atoms with van der Waals surface area (Å²) in [6.45, 7) is 6.27. The van der Waals surface area contributed by atoms with Gasteiger partial charge in [-0.2, -0.15) is 0 Å². The van der Waals surface area contributed by atoms with E-state index in [4.69, 9.17) is 23.2 Å². The molecule has 2 heterocycles. The van der Waals surface area contributed by atoms with E-state index in [9.17, 15) is 9.59 Å². The summed E-state index contributed by atoms with van der Waals surface area (Å²) in [6, 6.07) is 26.2. The van der Waals surface area contributed by atoms with Crippen molar-refractivity contribution in [2.45, 2.75) is 62.3 Å². The van der Waals surface area contributed by atoms with Crippen molar-refractivity contribution in [1.82, 2.24) is 14.7 Å². The summed E-state index contributed by atoms with van der Waals surface area (Å²) in [5, 5.41) is 0.968. The van der Waals surface area contributed by atoms with Gasteiger partial charge in [-0.15, -0.1) is 0 Å². The smallest absolute Gasteiger partial charge is 0.233 e. The Bertz CT molecular complexity index is 1470. The number of hydrogen-bond donors (Lipinski definition) is 0. The number of rotatable bonds is 8. The molecule has 2 saturated heterocycles. The second-order valence-electron chi connectivity index (χ2n) is 13.1. The van der Waals surface area contributed by atoms with Crippen molar-refractivity contribution in [3.8, 4) is 0 Å². The molecule has 1 saturated carbocycles. The number of carbonyl (C=O) groups is 2. The Hall–Kier alpha value is -2.86. The molecule has 3 aromatic carbocycles. The molecule has 3 aromatic rings. The van der Waals surface area contributed by atoms with Gasteiger partial charge in [0.25, 0.3) is 0 Å². The van der Waals surface area contributed by atoms with E-state index in [-0.39, 0.29) is 17.9 Å². The van der Waals surface area contributed by atoms with Crippen LogP contribution in [-0.4, -0.2) is 66.3 Å². The molecule has 0 bridgehead atoms. The Morgan fingerprint density at radius 2 is 1.48 bits per heavy atom. The van der Waals surface area contributed by atoms with Crippen LogP contribution < -0.4 is 0 Å². The lowest BCUT2D eigenvalue weighted by Gasteiger charge is -2.44. The lowest BCUT2D eigenvalue weighted by atomic mass is 9.71. The van der Waals surface area contributed by atoms with Crippen LogP contribution in [0.1, 0.15) is 68.2 Å². The van der Waals surface area contributed by atoms with Crippen molar-refractivity contribution in [3.63, 3.8) is 0 Å². The molecule has 1 aliphatic carbocycles. The molecule has 0 N–H and O–H groups in total. The fourth-order valence-corrected chi connectivity index (χ4v) is 8.02. The number of piperidine rings is 2. The zero-order chi connectivity index (χ0) is 30.9. The third kappa shape index (κ3) is 5.79. The lowest BCUT2D eigenvalue weighted by Crippen LogP contribution is -2.54. The highest BCUT2D eigenvalue weighted by Gasteiger charge is 2.62. The third-order valence-electron chi connectivity index (χ3n) is 10.7. The molecule has 0 radical (unpaired) electrons. The molecule has 2 amide bonds. The van der Waals surface area contributed by atoms with Gasteiger partial charge in [0.2, 0.25) is 11.8 Å².